The molecule has 0 saturated carbocycles. The van der Waals surface area contributed by atoms with E-state index in [4.69, 9.17) is 18.4 Å². The summed E-state index contributed by atoms with van der Waals surface area (Å²) in [7, 11) is -4.00. The second-order valence-electron chi connectivity index (χ2n) is 3.85. The molecule has 8 nitrogen and oxygen atoms in total. The van der Waals surface area contributed by atoms with Crippen LogP contribution in [0.3, 0.4) is 0 Å². The van der Waals surface area contributed by atoms with E-state index in [-0.39, 0.29) is 24.6 Å². The molecule has 2 N–H and O–H groups in total. The van der Waals surface area contributed by atoms with Gasteiger partial charge in [-0.2, -0.15) is 13.0 Å². The maximum absolute atomic E-state index is 10.7. The zero-order chi connectivity index (χ0) is 12.8. The van der Waals surface area contributed by atoms with E-state index in [0.717, 1.165) is 0 Å². The van der Waals surface area contributed by atoms with Crippen molar-refractivity contribution >= 4 is 21.2 Å². The van der Waals surface area contributed by atoms with Gasteiger partial charge in [-0.15, -0.1) is 0 Å². The zero-order valence-corrected chi connectivity index (χ0v) is 10.5. The van der Waals surface area contributed by atoms with Crippen molar-refractivity contribution in [1.82, 2.24) is 0 Å². The summed E-state index contributed by atoms with van der Waals surface area (Å²) in [5.41, 5.74) is 1.18. The van der Waals surface area contributed by atoms with Gasteiger partial charge in [0.1, 0.15) is 5.75 Å². The van der Waals surface area contributed by atoms with Crippen molar-refractivity contribution in [2.45, 2.75) is 6.54 Å². The smallest absolute Gasteiger partial charge is 0.335 e. The Bertz CT molecular complexity index is 706. The lowest BCUT2D eigenvalue weighted by Crippen LogP contribution is -2.35. The van der Waals surface area contributed by atoms with Gasteiger partial charge in [-0.25, -0.2) is 0 Å². The molecule has 1 aromatic heterocycles. The summed E-state index contributed by atoms with van der Waals surface area (Å²) in [5.74, 6) is 0.734. The minimum absolute atomic E-state index is 0. The van der Waals surface area contributed by atoms with Crippen molar-refractivity contribution in [2.75, 3.05) is 12.5 Å². The lowest BCUT2D eigenvalue weighted by atomic mass is 10.3. The third kappa shape index (κ3) is 2.48. The molecule has 19 heavy (non-hydrogen) atoms. The number of rotatable bonds is 3. The van der Waals surface area contributed by atoms with Crippen LogP contribution in [0.5, 0.6) is 11.5 Å². The van der Waals surface area contributed by atoms with Gasteiger partial charge in [0.25, 0.3) is 15.6 Å². The molecular formula is C10H11NO7S. The number of benzene rings is 1. The predicted octanol–water partition coefficient (Wildman–Crippen LogP) is 0.160. The van der Waals surface area contributed by atoms with Gasteiger partial charge in [-0.05, 0) is 6.07 Å². The Hall–Kier alpha value is -1.84. The summed E-state index contributed by atoms with van der Waals surface area (Å²) < 4.78 is 47.6. The summed E-state index contributed by atoms with van der Waals surface area (Å²) in [5, 5.41) is 0. The van der Waals surface area contributed by atoms with Crippen molar-refractivity contribution in [1.29, 1.82) is 0 Å². The van der Waals surface area contributed by atoms with Crippen LogP contribution in [0, 0.1) is 0 Å². The van der Waals surface area contributed by atoms with Crippen molar-refractivity contribution < 1.29 is 36.9 Å². The maximum atomic E-state index is 10.7. The number of ether oxygens (including phenoxy) is 2. The van der Waals surface area contributed by atoms with Gasteiger partial charge in [0.2, 0.25) is 18.1 Å². The van der Waals surface area contributed by atoms with Crippen LogP contribution >= 0.6 is 0 Å². The maximum Gasteiger partial charge on any atom is 0.335 e. The highest BCUT2D eigenvalue weighted by Crippen LogP contribution is 2.38. The van der Waals surface area contributed by atoms with Gasteiger partial charge < -0.3 is 19.4 Å². The van der Waals surface area contributed by atoms with Gasteiger partial charge in [0.15, 0.2) is 12.3 Å². The Kier molecular flexibility index (Phi) is 3.35. The fourth-order valence-electron chi connectivity index (χ4n) is 1.84. The molecule has 0 spiro atoms. The van der Waals surface area contributed by atoms with Crippen molar-refractivity contribution in [2.24, 2.45) is 0 Å². The fourth-order valence-corrected chi connectivity index (χ4v) is 2.26. The molecule has 104 valence electrons. The van der Waals surface area contributed by atoms with E-state index >= 15 is 0 Å². The standard InChI is InChI=1S/C10H9NO6S.H2O/c12-18(13,14)4-3-11-5-15-9-7(11)1-2-8-10(9)17-6-16-8;/h1-2,5H,3-4,6H2;1H2. The Morgan fingerprint density at radius 2 is 2.11 bits per heavy atom. The first-order valence-electron chi connectivity index (χ1n) is 5.19. The highest BCUT2D eigenvalue weighted by Gasteiger charge is 2.25. The molecule has 0 saturated heterocycles. The molecule has 0 aliphatic carbocycles. The van der Waals surface area contributed by atoms with E-state index in [1.807, 2.05) is 0 Å². The zero-order valence-electron chi connectivity index (χ0n) is 9.64. The van der Waals surface area contributed by atoms with Crippen molar-refractivity contribution in [3.05, 3.63) is 18.5 Å². The van der Waals surface area contributed by atoms with E-state index in [1.165, 1.54) is 6.39 Å². The summed E-state index contributed by atoms with van der Waals surface area (Å²) in [6, 6.07) is 3.47. The molecule has 0 radical (unpaired) electrons. The molecule has 0 bridgehead atoms. The second kappa shape index (κ2) is 4.68. The van der Waals surface area contributed by atoms with Crippen LogP contribution in [-0.4, -0.2) is 31.0 Å². The van der Waals surface area contributed by atoms with E-state index in [9.17, 15) is 8.42 Å². The monoisotopic (exact) mass is 289 g/mol. The van der Waals surface area contributed by atoms with Crippen molar-refractivity contribution in [3.8, 4) is 11.5 Å². The molecule has 9 heteroatoms. The van der Waals surface area contributed by atoms with Crippen LogP contribution in [0.4, 0.5) is 0 Å². The Morgan fingerprint density at radius 1 is 1.32 bits per heavy atom. The SMILES string of the molecule is O=S(=O)(O)CC[n+]1coc2c3c(ccc21)OCO3.[OH-]. The van der Waals surface area contributed by atoms with E-state index in [0.29, 0.717) is 22.6 Å². The summed E-state index contributed by atoms with van der Waals surface area (Å²) in [6.07, 6.45) is 1.39. The first kappa shape index (κ1) is 13.6. The van der Waals surface area contributed by atoms with Crippen LogP contribution in [0.25, 0.3) is 11.1 Å². The van der Waals surface area contributed by atoms with Crippen LogP contribution in [-0.2, 0) is 16.7 Å². The fraction of sp³-hybridized carbons (Fsp3) is 0.300. The van der Waals surface area contributed by atoms with Crippen LogP contribution in [0.1, 0.15) is 0 Å². The largest absolute Gasteiger partial charge is 0.870 e. The molecule has 3 rings (SSSR count). The summed E-state index contributed by atoms with van der Waals surface area (Å²) in [4.78, 5) is 0. The average molecular weight is 289 g/mol. The first-order valence-corrected chi connectivity index (χ1v) is 6.80. The van der Waals surface area contributed by atoms with Gasteiger partial charge in [-0.3, -0.25) is 4.55 Å². The van der Waals surface area contributed by atoms with Gasteiger partial charge in [0.05, 0.1) is 0 Å². The molecule has 1 aliphatic heterocycles. The normalized spacial score (nSPS) is 13.5. The number of oxazole rings is 1. The van der Waals surface area contributed by atoms with E-state index in [2.05, 4.69) is 0 Å². The molecule has 0 amide bonds. The van der Waals surface area contributed by atoms with E-state index < -0.39 is 10.1 Å². The van der Waals surface area contributed by atoms with Crippen LogP contribution in [0.15, 0.2) is 22.9 Å². The molecule has 2 heterocycles. The minimum Gasteiger partial charge on any atom is -0.870 e. The third-order valence-electron chi connectivity index (χ3n) is 2.67. The first-order chi connectivity index (χ1) is 8.54. The Morgan fingerprint density at radius 3 is 2.84 bits per heavy atom. The molecule has 0 atom stereocenters. The average Bonchev–Trinajstić information content (AvgIpc) is 2.91. The van der Waals surface area contributed by atoms with Crippen LogP contribution in [0.2, 0.25) is 0 Å². The van der Waals surface area contributed by atoms with Crippen LogP contribution < -0.4 is 14.0 Å². The molecule has 0 fully saturated rings. The molecule has 1 aromatic carbocycles. The molecule has 2 aromatic rings. The molecule has 1 aliphatic rings. The number of hydrogen-bond acceptors (Lipinski definition) is 6. The molecular weight excluding hydrogens is 278 g/mol. The van der Waals surface area contributed by atoms with Gasteiger partial charge in [-0.1, -0.05) is 0 Å². The predicted molar refractivity (Wildman–Crippen MR) is 60.9 cm³/mol. The lowest BCUT2D eigenvalue weighted by molar-refractivity contribution is -0.671. The van der Waals surface area contributed by atoms with Gasteiger partial charge >= 0.3 is 6.39 Å². The van der Waals surface area contributed by atoms with Crippen molar-refractivity contribution in [3.63, 3.8) is 0 Å². The van der Waals surface area contributed by atoms with E-state index in [1.54, 1.807) is 16.7 Å². The quantitative estimate of drug-likeness (QED) is 0.631. The second-order valence-corrected chi connectivity index (χ2v) is 5.42. The number of aromatic nitrogens is 1. The highest BCUT2D eigenvalue weighted by molar-refractivity contribution is 7.85. The third-order valence-corrected chi connectivity index (χ3v) is 3.37. The lowest BCUT2D eigenvalue weighted by Gasteiger charge is -1.94. The number of nitrogens with zero attached hydrogens (tertiary/aromatic N) is 1. The number of fused-ring (bicyclic) bond motifs is 3. The van der Waals surface area contributed by atoms with Gasteiger partial charge in [0, 0.05) is 6.07 Å². The Labute approximate surface area is 108 Å². The summed E-state index contributed by atoms with van der Waals surface area (Å²) >= 11 is 0. The Balaban J connectivity index is 0.00000133. The topological polar surface area (TPSA) is 120 Å². The minimum atomic E-state index is -4.00. The number of aryl methyl sites for hydroxylation is 1. The summed E-state index contributed by atoms with van der Waals surface area (Å²) in [6.45, 7) is 0.242. The number of hydrogen-bond donors (Lipinski definition) is 1. The molecule has 0 unspecified atom stereocenters. The highest BCUT2D eigenvalue weighted by atomic mass is 32.2.